The lowest BCUT2D eigenvalue weighted by Gasteiger charge is -2.32. The number of nitrogens with zero attached hydrogens (tertiary/aromatic N) is 1. The van der Waals surface area contributed by atoms with E-state index in [2.05, 4.69) is 33.2 Å². The fourth-order valence-electron chi connectivity index (χ4n) is 1.86. The van der Waals surface area contributed by atoms with Crippen molar-refractivity contribution in [3.05, 3.63) is 20.8 Å². The minimum atomic E-state index is 0.247. The van der Waals surface area contributed by atoms with Crippen molar-refractivity contribution in [2.75, 3.05) is 26.7 Å². The highest BCUT2D eigenvalue weighted by atomic mass is 79.9. The maximum Gasteiger partial charge on any atom is 0.174 e. The zero-order valence-corrected chi connectivity index (χ0v) is 11.6. The summed E-state index contributed by atoms with van der Waals surface area (Å²) in [5.41, 5.74) is 0. The van der Waals surface area contributed by atoms with Crippen LogP contribution in [0.2, 0.25) is 0 Å². The average molecular weight is 303 g/mol. The minimum absolute atomic E-state index is 0.247. The summed E-state index contributed by atoms with van der Waals surface area (Å²) in [6.45, 7) is 2.95. The molecular formula is C11H15BrN2OS. The van der Waals surface area contributed by atoms with Gasteiger partial charge < -0.3 is 10.2 Å². The number of Topliss-reactive ketones (excluding diaryl/α,β-unsaturated/α-hetero) is 1. The third kappa shape index (κ3) is 2.91. The van der Waals surface area contributed by atoms with E-state index >= 15 is 0 Å². The Morgan fingerprint density at radius 2 is 2.56 bits per heavy atom. The first kappa shape index (κ1) is 12.2. The SMILES string of the molecule is CN1CCNCC1CC(=O)c1cc(Br)cs1. The highest BCUT2D eigenvalue weighted by molar-refractivity contribution is 9.10. The molecule has 1 aliphatic heterocycles. The van der Waals surface area contributed by atoms with E-state index in [9.17, 15) is 4.79 Å². The number of carbonyl (C=O) groups is 1. The number of halogens is 1. The van der Waals surface area contributed by atoms with Crippen molar-refractivity contribution in [2.24, 2.45) is 0 Å². The van der Waals surface area contributed by atoms with E-state index in [1.54, 1.807) is 0 Å². The number of carbonyl (C=O) groups excluding carboxylic acids is 1. The van der Waals surface area contributed by atoms with Crippen molar-refractivity contribution in [2.45, 2.75) is 12.5 Å². The molecule has 0 amide bonds. The molecule has 1 N–H and O–H groups in total. The van der Waals surface area contributed by atoms with E-state index in [-0.39, 0.29) is 5.78 Å². The number of nitrogens with one attached hydrogen (secondary N) is 1. The summed E-state index contributed by atoms with van der Waals surface area (Å²) < 4.78 is 0.996. The van der Waals surface area contributed by atoms with E-state index in [1.807, 2.05) is 11.4 Å². The summed E-state index contributed by atoms with van der Waals surface area (Å²) in [7, 11) is 2.09. The molecule has 3 nitrogen and oxygen atoms in total. The topological polar surface area (TPSA) is 32.3 Å². The molecule has 1 aromatic heterocycles. The van der Waals surface area contributed by atoms with Crippen LogP contribution in [0, 0.1) is 0 Å². The number of ketones is 1. The van der Waals surface area contributed by atoms with Crippen LogP contribution in [0.4, 0.5) is 0 Å². The molecule has 5 heteroatoms. The molecule has 2 rings (SSSR count). The van der Waals surface area contributed by atoms with Crippen LogP contribution in [0.15, 0.2) is 15.9 Å². The predicted molar refractivity (Wildman–Crippen MR) is 70.3 cm³/mol. The summed E-state index contributed by atoms with van der Waals surface area (Å²) in [4.78, 5) is 15.1. The summed E-state index contributed by atoms with van der Waals surface area (Å²) in [6.07, 6.45) is 0.608. The fraction of sp³-hybridized carbons (Fsp3) is 0.545. The van der Waals surface area contributed by atoms with E-state index in [0.717, 1.165) is 29.0 Å². The lowest BCUT2D eigenvalue weighted by molar-refractivity contribution is 0.0921. The summed E-state index contributed by atoms with van der Waals surface area (Å²) >= 11 is 4.89. The van der Waals surface area contributed by atoms with Gasteiger partial charge in [-0.15, -0.1) is 11.3 Å². The lowest BCUT2D eigenvalue weighted by Crippen LogP contribution is -2.49. The third-order valence-electron chi connectivity index (χ3n) is 2.91. The highest BCUT2D eigenvalue weighted by Crippen LogP contribution is 2.22. The van der Waals surface area contributed by atoms with Gasteiger partial charge in [0.05, 0.1) is 4.88 Å². The van der Waals surface area contributed by atoms with Gasteiger partial charge in [-0.1, -0.05) is 0 Å². The van der Waals surface area contributed by atoms with Crippen molar-refractivity contribution in [1.82, 2.24) is 10.2 Å². The number of likely N-dealkylation sites (N-methyl/N-ethyl adjacent to an activating group) is 1. The normalized spacial score (nSPS) is 22.2. The van der Waals surface area contributed by atoms with Crippen molar-refractivity contribution in [3.63, 3.8) is 0 Å². The van der Waals surface area contributed by atoms with Crippen LogP contribution < -0.4 is 5.32 Å². The summed E-state index contributed by atoms with van der Waals surface area (Å²) in [6, 6.07) is 2.24. The van der Waals surface area contributed by atoms with E-state index in [4.69, 9.17) is 0 Å². The van der Waals surface area contributed by atoms with E-state index in [1.165, 1.54) is 11.3 Å². The molecule has 16 heavy (non-hydrogen) atoms. The molecular weight excluding hydrogens is 288 g/mol. The molecule has 0 aromatic carbocycles. The molecule has 0 saturated carbocycles. The number of thiophene rings is 1. The third-order valence-corrected chi connectivity index (χ3v) is 4.64. The molecule has 1 saturated heterocycles. The van der Waals surface area contributed by atoms with E-state index < -0.39 is 0 Å². The second-order valence-corrected chi connectivity index (χ2v) is 5.92. The van der Waals surface area contributed by atoms with Crippen molar-refractivity contribution in [1.29, 1.82) is 0 Å². The second kappa shape index (κ2) is 5.40. The van der Waals surface area contributed by atoms with Crippen LogP contribution in [-0.2, 0) is 0 Å². The van der Waals surface area contributed by atoms with Crippen LogP contribution in [0.1, 0.15) is 16.1 Å². The van der Waals surface area contributed by atoms with Crippen LogP contribution in [-0.4, -0.2) is 43.4 Å². The Labute approximate surface area is 108 Å². The molecule has 1 aromatic rings. The van der Waals surface area contributed by atoms with Gasteiger partial charge in [0.1, 0.15) is 0 Å². The van der Waals surface area contributed by atoms with E-state index in [0.29, 0.717) is 12.5 Å². The second-order valence-electron chi connectivity index (χ2n) is 4.10. The van der Waals surface area contributed by atoms with Gasteiger partial charge in [0.15, 0.2) is 5.78 Å². The van der Waals surface area contributed by atoms with Crippen molar-refractivity contribution >= 4 is 33.0 Å². The summed E-state index contributed by atoms with van der Waals surface area (Å²) in [5.74, 6) is 0.247. The van der Waals surface area contributed by atoms with Crippen LogP contribution in [0.5, 0.6) is 0 Å². The number of hydrogen-bond donors (Lipinski definition) is 1. The van der Waals surface area contributed by atoms with Crippen LogP contribution in [0.25, 0.3) is 0 Å². The Morgan fingerprint density at radius 1 is 1.75 bits per heavy atom. The molecule has 0 radical (unpaired) electrons. The molecule has 2 heterocycles. The zero-order valence-electron chi connectivity index (χ0n) is 9.20. The molecule has 1 fully saturated rings. The first-order valence-electron chi connectivity index (χ1n) is 5.35. The standard InChI is InChI=1S/C11H15BrN2OS/c1-14-3-2-13-6-9(14)5-10(15)11-4-8(12)7-16-11/h4,7,9,13H,2-3,5-6H2,1H3. The molecule has 0 aliphatic carbocycles. The van der Waals surface area contributed by atoms with Gasteiger partial charge in [-0.2, -0.15) is 0 Å². The maximum atomic E-state index is 12.0. The zero-order chi connectivity index (χ0) is 11.5. The molecule has 88 valence electrons. The Balaban J connectivity index is 1.96. The molecule has 0 bridgehead atoms. The van der Waals surface area contributed by atoms with Gasteiger partial charge in [-0.25, -0.2) is 0 Å². The average Bonchev–Trinajstić information content (AvgIpc) is 2.68. The number of hydrogen-bond acceptors (Lipinski definition) is 4. The Morgan fingerprint density at radius 3 is 3.19 bits per heavy atom. The smallest absolute Gasteiger partial charge is 0.174 e. The van der Waals surface area contributed by atoms with Crippen LogP contribution in [0.3, 0.4) is 0 Å². The Bertz CT molecular complexity index is 380. The summed E-state index contributed by atoms with van der Waals surface area (Å²) in [5, 5.41) is 5.28. The van der Waals surface area contributed by atoms with Gasteiger partial charge in [0, 0.05) is 41.9 Å². The molecule has 1 atom stereocenters. The monoisotopic (exact) mass is 302 g/mol. The number of rotatable bonds is 3. The molecule has 1 unspecified atom stereocenters. The van der Waals surface area contributed by atoms with Gasteiger partial charge >= 0.3 is 0 Å². The Kier molecular flexibility index (Phi) is 4.13. The highest BCUT2D eigenvalue weighted by Gasteiger charge is 2.22. The van der Waals surface area contributed by atoms with Gasteiger partial charge in [0.2, 0.25) is 0 Å². The predicted octanol–water partition coefficient (Wildman–Crippen LogP) is 1.99. The van der Waals surface area contributed by atoms with Gasteiger partial charge in [0.25, 0.3) is 0 Å². The Hall–Kier alpha value is -0.230. The lowest BCUT2D eigenvalue weighted by atomic mass is 10.1. The van der Waals surface area contributed by atoms with Crippen molar-refractivity contribution in [3.8, 4) is 0 Å². The van der Waals surface area contributed by atoms with Gasteiger partial charge in [-0.05, 0) is 29.0 Å². The number of piperazine rings is 1. The first-order chi connectivity index (χ1) is 7.66. The van der Waals surface area contributed by atoms with Gasteiger partial charge in [-0.3, -0.25) is 4.79 Å². The van der Waals surface area contributed by atoms with Crippen LogP contribution >= 0.6 is 27.3 Å². The van der Waals surface area contributed by atoms with Crippen molar-refractivity contribution < 1.29 is 4.79 Å². The fourth-order valence-corrected chi connectivity index (χ4v) is 3.24. The molecule has 1 aliphatic rings. The quantitative estimate of drug-likeness (QED) is 0.867. The maximum absolute atomic E-state index is 12.0. The molecule has 0 spiro atoms. The first-order valence-corrected chi connectivity index (χ1v) is 7.02. The minimum Gasteiger partial charge on any atom is -0.314 e. The largest absolute Gasteiger partial charge is 0.314 e.